The molecule has 1 heterocycles. The number of carbonyl (C=O) groups is 6. The number of nitrogens with two attached hydrogens (primary N) is 1. The third-order valence-corrected chi connectivity index (χ3v) is 9.23. The van der Waals surface area contributed by atoms with Crippen molar-refractivity contribution in [2.45, 2.75) is 136 Å². The quantitative estimate of drug-likeness (QED) is 0.0979. The maximum atomic E-state index is 14.0. The summed E-state index contributed by atoms with van der Waals surface area (Å²) in [5.41, 5.74) is 6.01. The molecular formula is C38H62N6O8. The van der Waals surface area contributed by atoms with Crippen molar-refractivity contribution in [3.05, 3.63) is 29.8 Å². The van der Waals surface area contributed by atoms with Gasteiger partial charge in [0, 0.05) is 19.4 Å². The number of nitrogens with zero attached hydrogens (tertiary/aromatic N) is 1. The standard InChI is InChI=1S/C38H62N6O8/c1-8-24(4)32(35(49)42-29(37(51)52)20-23(2)3)43-33(47)28(21-25-14-16-26(45)17-15-25)41-34(48)30-13-11-19-44(30)36(50)27(12-9-10-18-39)40-31(46)22-38(5,6)7/h14-17,23-24,27-30,32,45H,8-13,18-22,39H2,1-7H3,(H,40,46)(H,41,48)(H,42,49)(H,43,47)(H,51,52)/t24-,27+,28+,29+,30+,32+/m1/s1. The van der Waals surface area contributed by atoms with Gasteiger partial charge in [-0.05, 0) is 80.0 Å². The average molecular weight is 731 g/mol. The van der Waals surface area contributed by atoms with Gasteiger partial charge in [-0.15, -0.1) is 0 Å². The molecule has 2 rings (SSSR count). The Morgan fingerprint density at radius 3 is 2.12 bits per heavy atom. The van der Waals surface area contributed by atoms with Gasteiger partial charge in [-0.3, -0.25) is 24.0 Å². The van der Waals surface area contributed by atoms with Crippen LogP contribution in [0.25, 0.3) is 0 Å². The fraction of sp³-hybridized carbons (Fsp3) is 0.684. The highest BCUT2D eigenvalue weighted by Gasteiger charge is 2.40. The molecule has 14 heteroatoms. The first-order chi connectivity index (χ1) is 24.4. The summed E-state index contributed by atoms with van der Waals surface area (Å²) in [5, 5.41) is 30.6. The highest BCUT2D eigenvalue weighted by molar-refractivity contribution is 5.96. The first-order valence-corrected chi connectivity index (χ1v) is 18.6. The number of hydrogen-bond acceptors (Lipinski definition) is 8. The fourth-order valence-corrected chi connectivity index (χ4v) is 6.24. The van der Waals surface area contributed by atoms with Gasteiger partial charge < -0.3 is 42.1 Å². The van der Waals surface area contributed by atoms with E-state index < -0.39 is 53.9 Å². The van der Waals surface area contributed by atoms with Crippen LogP contribution in [0.2, 0.25) is 0 Å². The lowest BCUT2D eigenvalue weighted by Gasteiger charge is -2.31. The minimum absolute atomic E-state index is 0.00302. The zero-order valence-electron chi connectivity index (χ0n) is 32.0. The van der Waals surface area contributed by atoms with Gasteiger partial charge in [0.05, 0.1) is 0 Å². The summed E-state index contributed by atoms with van der Waals surface area (Å²) in [5.74, 6) is -4.05. The lowest BCUT2D eigenvalue weighted by Crippen LogP contribution is -2.60. The van der Waals surface area contributed by atoms with Gasteiger partial charge in [0.2, 0.25) is 29.5 Å². The van der Waals surface area contributed by atoms with Crippen LogP contribution in [0.15, 0.2) is 24.3 Å². The summed E-state index contributed by atoms with van der Waals surface area (Å²) in [7, 11) is 0. The number of aromatic hydroxyl groups is 1. The molecule has 1 saturated heterocycles. The molecule has 1 aromatic rings. The molecule has 8 N–H and O–H groups in total. The topological polar surface area (TPSA) is 220 Å². The number of phenols is 1. The molecule has 1 aromatic carbocycles. The SMILES string of the molecule is CC[C@@H](C)[C@H](NC(=O)[C@H](Cc1ccc(O)cc1)NC(=O)[C@@H]1CCCN1C(=O)[C@H](CCCCN)NC(=O)CC(C)(C)C)C(=O)N[C@@H](CC(C)C)C(=O)O. The van der Waals surface area contributed by atoms with Gasteiger partial charge in [-0.1, -0.05) is 67.0 Å². The molecule has 1 aliphatic rings. The molecule has 0 aromatic heterocycles. The third-order valence-electron chi connectivity index (χ3n) is 9.23. The summed E-state index contributed by atoms with van der Waals surface area (Å²) in [6.07, 6.45) is 3.45. The number of rotatable bonds is 20. The van der Waals surface area contributed by atoms with E-state index in [2.05, 4.69) is 21.3 Å². The van der Waals surface area contributed by atoms with Gasteiger partial charge in [-0.25, -0.2) is 4.79 Å². The van der Waals surface area contributed by atoms with Crippen LogP contribution in [-0.4, -0.2) is 93.9 Å². The number of carbonyl (C=O) groups excluding carboxylic acids is 5. The molecule has 0 radical (unpaired) electrons. The number of amides is 5. The van der Waals surface area contributed by atoms with Crippen molar-refractivity contribution in [1.29, 1.82) is 0 Å². The Bertz CT molecular complexity index is 1360. The molecule has 5 amide bonds. The van der Waals surface area contributed by atoms with E-state index in [0.29, 0.717) is 57.2 Å². The predicted octanol–water partition coefficient (Wildman–Crippen LogP) is 2.61. The van der Waals surface area contributed by atoms with Crippen LogP contribution in [0.3, 0.4) is 0 Å². The van der Waals surface area contributed by atoms with E-state index in [-0.39, 0.29) is 54.1 Å². The van der Waals surface area contributed by atoms with Gasteiger partial charge in [0.1, 0.15) is 36.0 Å². The number of carboxylic acids is 1. The Labute approximate surface area is 308 Å². The van der Waals surface area contributed by atoms with Crippen LogP contribution in [0, 0.1) is 17.3 Å². The maximum absolute atomic E-state index is 14.0. The zero-order valence-corrected chi connectivity index (χ0v) is 32.0. The second-order valence-electron chi connectivity index (χ2n) is 15.7. The monoisotopic (exact) mass is 730 g/mol. The van der Waals surface area contributed by atoms with Crippen molar-refractivity contribution in [2.75, 3.05) is 13.1 Å². The number of unbranched alkanes of at least 4 members (excludes halogenated alkanes) is 1. The molecule has 0 aliphatic carbocycles. The molecule has 0 saturated carbocycles. The van der Waals surface area contributed by atoms with E-state index in [9.17, 15) is 39.0 Å². The molecule has 52 heavy (non-hydrogen) atoms. The van der Waals surface area contributed by atoms with E-state index in [1.54, 1.807) is 19.1 Å². The van der Waals surface area contributed by atoms with Crippen LogP contribution in [0.1, 0.15) is 105 Å². The van der Waals surface area contributed by atoms with Crippen LogP contribution in [0.5, 0.6) is 5.75 Å². The lowest BCUT2D eigenvalue weighted by molar-refractivity contribution is -0.143. The Hall–Kier alpha value is -4.20. The number of likely N-dealkylation sites (tertiary alicyclic amines) is 1. The molecule has 6 atom stereocenters. The van der Waals surface area contributed by atoms with Crippen molar-refractivity contribution < 1.29 is 39.0 Å². The Balaban J connectivity index is 2.35. The Kier molecular flexibility index (Phi) is 17.5. The van der Waals surface area contributed by atoms with Crippen molar-refractivity contribution >= 4 is 35.5 Å². The van der Waals surface area contributed by atoms with Crippen LogP contribution in [-0.2, 0) is 35.2 Å². The summed E-state index contributed by atoms with van der Waals surface area (Å²) in [6.45, 7) is 13.8. The highest BCUT2D eigenvalue weighted by Crippen LogP contribution is 2.23. The van der Waals surface area contributed by atoms with E-state index in [4.69, 9.17) is 5.73 Å². The normalized spacial score (nSPS) is 17.4. The van der Waals surface area contributed by atoms with E-state index >= 15 is 0 Å². The predicted molar refractivity (Wildman–Crippen MR) is 198 cm³/mol. The summed E-state index contributed by atoms with van der Waals surface area (Å²) in [4.78, 5) is 81.6. The second-order valence-corrected chi connectivity index (χ2v) is 15.7. The lowest BCUT2D eigenvalue weighted by atomic mass is 9.91. The summed E-state index contributed by atoms with van der Waals surface area (Å²) in [6, 6.07) is 0.964. The molecule has 292 valence electrons. The van der Waals surface area contributed by atoms with Crippen molar-refractivity contribution in [3.63, 3.8) is 0 Å². The van der Waals surface area contributed by atoms with E-state index in [1.807, 2.05) is 41.5 Å². The zero-order chi connectivity index (χ0) is 39.2. The number of nitrogens with one attached hydrogen (secondary N) is 4. The highest BCUT2D eigenvalue weighted by atomic mass is 16.4. The molecule has 0 unspecified atom stereocenters. The van der Waals surface area contributed by atoms with Gasteiger partial charge in [0.25, 0.3) is 0 Å². The Morgan fingerprint density at radius 1 is 0.904 bits per heavy atom. The largest absolute Gasteiger partial charge is 0.508 e. The second kappa shape index (κ2) is 20.7. The molecule has 0 spiro atoms. The third kappa shape index (κ3) is 14.4. The van der Waals surface area contributed by atoms with E-state index in [1.165, 1.54) is 17.0 Å². The molecule has 14 nitrogen and oxygen atoms in total. The van der Waals surface area contributed by atoms with Crippen molar-refractivity contribution in [2.24, 2.45) is 23.0 Å². The first-order valence-electron chi connectivity index (χ1n) is 18.6. The first kappa shape index (κ1) is 44.0. The van der Waals surface area contributed by atoms with Gasteiger partial charge in [-0.2, -0.15) is 0 Å². The number of benzene rings is 1. The summed E-state index contributed by atoms with van der Waals surface area (Å²) < 4.78 is 0. The van der Waals surface area contributed by atoms with E-state index in [0.717, 1.165) is 0 Å². The smallest absolute Gasteiger partial charge is 0.326 e. The molecule has 1 aliphatic heterocycles. The minimum Gasteiger partial charge on any atom is -0.508 e. The minimum atomic E-state index is -1.19. The summed E-state index contributed by atoms with van der Waals surface area (Å²) >= 11 is 0. The van der Waals surface area contributed by atoms with Crippen LogP contribution >= 0.6 is 0 Å². The number of aliphatic carboxylic acids is 1. The molecule has 0 bridgehead atoms. The van der Waals surface area contributed by atoms with Crippen LogP contribution < -0.4 is 27.0 Å². The van der Waals surface area contributed by atoms with Crippen LogP contribution in [0.4, 0.5) is 0 Å². The average Bonchev–Trinajstić information content (AvgIpc) is 3.55. The Morgan fingerprint density at radius 2 is 1.56 bits per heavy atom. The van der Waals surface area contributed by atoms with Gasteiger partial charge in [0.15, 0.2) is 0 Å². The molecular weight excluding hydrogens is 668 g/mol. The molecule has 1 fully saturated rings. The maximum Gasteiger partial charge on any atom is 0.326 e. The number of hydrogen-bond donors (Lipinski definition) is 7. The number of phenolic OH excluding ortho intramolecular Hbond substituents is 1. The van der Waals surface area contributed by atoms with Crippen molar-refractivity contribution in [3.8, 4) is 5.75 Å². The van der Waals surface area contributed by atoms with Crippen molar-refractivity contribution in [1.82, 2.24) is 26.2 Å². The van der Waals surface area contributed by atoms with Gasteiger partial charge >= 0.3 is 5.97 Å². The number of carboxylic acid groups (broad SMARTS) is 1. The fourth-order valence-electron chi connectivity index (χ4n) is 6.24.